The molecule has 0 saturated heterocycles. The fraction of sp³-hybridized carbons (Fsp3) is 0.833. The van der Waals surface area contributed by atoms with Crippen molar-refractivity contribution < 1.29 is 14.7 Å². The predicted molar refractivity (Wildman–Crippen MR) is 73.0 cm³/mol. The van der Waals surface area contributed by atoms with Crippen LogP contribution in [0.2, 0.25) is 0 Å². The van der Waals surface area contributed by atoms with Crippen molar-refractivity contribution in [3.8, 4) is 0 Å². The van der Waals surface area contributed by atoms with Gasteiger partial charge in [-0.15, -0.1) is 0 Å². The zero-order valence-electron chi connectivity index (χ0n) is 11.2. The van der Waals surface area contributed by atoms with E-state index in [1.807, 2.05) is 6.92 Å². The Labute approximate surface area is 112 Å². The Kier molecular flexibility index (Phi) is 5.31. The molecule has 1 aliphatic carbocycles. The summed E-state index contributed by atoms with van der Waals surface area (Å²) in [6.45, 7) is 4.81. The standard InChI is InChI=1S/C12H22N2O3S/c1-4-14(9(2)7-10(15)16)11(17)13-8-12(18-3)5-6-12/h9H,4-8H2,1-3H3,(H,13,17)(H,15,16). The third kappa shape index (κ3) is 4.08. The summed E-state index contributed by atoms with van der Waals surface area (Å²) in [6.07, 6.45) is 4.33. The largest absolute Gasteiger partial charge is 0.481 e. The van der Waals surface area contributed by atoms with E-state index in [0.717, 1.165) is 12.8 Å². The molecule has 1 unspecified atom stereocenters. The number of amides is 2. The molecule has 1 saturated carbocycles. The third-order valence-corrected chi connectivity index (χ3v) is 4.82. The van der Waals surface area contributed by atoms with Gasteiger partial charge in [0.1, 0.15) is 0 Å². The molecular formula is C12H22N2O3S. The molecule has 18 heavy (non-hydrogen) atoms. The van der Waals surface area contributed by atoms with Crippen LogP contribution < -0.4 is 5.32 Å². The fourth-order valence-corrected chi connectivity index (χ4v) is 2.68. The van der Waals surface area contributed by atoms with Crippen LogP contribution >= 0.6 is 11.8 Å². The van der Waals surface area contributed by atoms with Gasteiger partial charge in [0.2, 0.25) is 0 Å². The molecule has 1 aliphatic rings. The van der Waals surface area contributed by atoms with Gasteiger partial charge in [0.15, 0.2) is 0 Å². The van der Waals surface area contributed by atoms with Crippen LogP contribution in [0, 0.1) is 0 Å². The zero-order valence-corrected chi connectivity index (χ0v) is 12.0. The van der Waals surface area contributed by atoms with Gasteiger partial charge in [-0.2, -0.15) is 11.8 Å². The van der Waals surface area contributed by atoms with E-state index in [9.17, 15) is 9.59 Å². The lowest BCUT2D eigenvalue weighted by molar-refractivity contribution is -0.138. The predicted octanol–water partition coefficient (Wildman–Crippen LogP) is 1.78. The Morgan fingerprint density at radius 2 is 2.11 bits per heavy atom. The number of rotatable bonds is 7. The Hall–Kier alpha value is -0.910. The van der Waals surface area contributed by atoms with Gasteiger partial charge in [-0.3, -0.25) is 4.79 Å². The third-order valence-electron chi connectivity index (χ3n) is 3.41. The summed E-state index contributed by atoms with van der Waals surface area (Å²) < 4.78 is 0.227. The summed E-state index contributed by atoms with van der Waals surface area (Å²) in [5.41, 5.74) is 0. The van der Waals surface area contributed by atoms with Crippen LogP contribution in [0.25, 0.3) is 0 Å². The molecule has 0 bridgehead atoms. The van der Waals surface area contributed by atoms with Crippen LogP contribution in [-0.4, -0.2) is 52.1 Å². The van der Waals surface area contributed by atoms with Gasteiger partial charge < -0.3 is 15.3 Å². The monoisotopic (exact) mass is 274 g/mol. The Bertz CT molecular complexity index is 318. The highest BCUT2D eigenvalue weighted by atomic mass is 32.2. The zero-order chi connectivity index (χ0) is 13.8. The van der Waals surface area contributed by atoms with Gasteiger partial charge in [-0.25, -0.2) is 4.79 Å². The van der Waals surface area contributed by atoms with Crippen LogP contribution in [-0.2, 0) is 4.79 Å². The molecule has 1 atom stereocenters. The molecule has 0 spiro atoms. The minimum Gasteiger partial charge on any atom is -0.481 e. The second-order valence-corrected chi connectivity index (χ2v) is 6.05. The number of urea groups is 1. The number of hydrogen-bond acceptors (Lipinski definition) is 3. The maximum atomic E-state index is 12.0. The smallest absolute Gasteiger partial charge is 0.317 e. The molecule has 2 N–H and O–H groups in total. The molecule has 0 aromatic carbocycles. The van der Waals surface area contributed by atoms with Gasteiger partial charge in [0.05, 0.1) is 6.42 Å². The molecule has 1 rings (SSSR count). The first-order valence-electron chi connectivity index (χ1n) is 6.25. The van der Waals surface area contributed by atoms with Crippen molar-refractivity contribution in [2.75, 3.05) is 19.3 Å². The van der Waals surface area contributed by atoms with E-state index in [-0.39, 0.29) is 23.2 Å². The summed E-state index contributed by atoms with van der Waals surface area (Å²) in [7, 11) is 0. The molecule has 5 nitrogen and oxygen atoms in total. The van der Waals surface area contributed by atoms with E-state index >= 15 is 0 Å². The van der Waals surface area contributed by atoms with Crippen molar-refractivity contribution in [3.63, 3.8) is 0 Å². The highest BCUT2D eigenvalue weighted by molar-refractivity contribution is 8.00. The Balaban J connectivity index is 2.43. The molecule has 0 radical (unpaired) electrons. The SMILES string of the molecule is CCN(C(=O)NCC1(SC)CC1)C(C)CC(=O)O. The lowest BCUT2D eigenvalue weighted by atomic mass is 10.2. The first kappa shape index (κ1) is 15.1. The van der Waals surface area contributed by atoms with Gasteiger partial charge >= 0.3 is 12.0 Å². The lowest BCUT2D eigenvalue weighted by Crippen LogP contribution is -2.47. The fourth-order valence-electron chi connectivity index (χ4n) is 1.95. The van der Waals surface area contributed by atoms with Gasteiger partial charge in [-0.1, -0.05) is 0 Å². The molecule has 0 aromatic rings. The van der Waals surface area contributed by atoms with Crippen LogP contribution in [0.1, 0.15) is 33.1 Å². The molecule has 0 aliphatic heterocycles. The van der Waals surface area contributed by atoms with E-state index in [1.165, 1.54) is 0 Å². The van der Waals surface area contributed by atoms with E-state index in [1.54, 1.807) is 23.6 Å². The number of nitrogens with zero attached hydrogens (tertiary/aromatic N) is 1. The molecule has 1 fully saturated rings. The summed E-state index contributed by atoms with van der Waals surface area (Å²) in [6, 6.07) is -0.441. The summed E-state index contributed by atoms with van der Waals surface area (Å²) in [5.74, 6) is -0.878. The number of hydrogen-bond donors (Lipinski definition) is 2. The number of carboxylic acids is 1. The van der Waals surface area contributed by atoms with Gasteiger partial charge in [0.25, 0.3) is 0 Å². The van der Waals surface area contributed by atoms with E-state index in [4.69, 9.17) is 5.11 Å². The summed E-state index contributed by atoms with van der Waals surface area (Å²) in [5, 5.41) is 11.7. The highest BCUT2D eigenvalue weighted by Crippen LogP contribution is 2.46. The van der Waals surface area contributed by atoms with Crippen molar-refractivity contribution in [2.24, 2.45) is 0 Å². The minimum absolute atomic E-state index is 0.0189. The van der Waals surface area contributed by atoms with Gasteiger partial charge in [-0.05, 0) is 32.9 Å². The van der Waals surface area contributed by atoms with E-state index in [2.05, 4.69) is 11.6 Å². The summed E-state index contributed by atoms with van der Waals surface area (Å²) in [4.78, 5) is 24.2. The number of nitrogens with one attached hydrogen (secondary N) is 1. The van der Waals surface area contributed by atoms with E-state index < -0.39 is 5.97 Å². The minimum atomic E-state index is -0.878. The van der Waals surface area contributed by atoms with Crippen molar-refractivity contribution in [1.29, 1.82) is 0 Å². The highest BCUT2D eigenvalue weighted by Gasteiger charge is 2.42. The molecule has 0 aromatic heterocycles. The van der Waals surface area contributed by atoms with Crippen LogP contribution in [0.3, 0.4) is 0 Å². The average Bonchev–Trinajstić information content (AvgIpc) is 3.07. The number of carbonyl (C=O) groups excluding carboxylic acids is 1. The average molecular weight is 274 g/mol. The van der Waals surface area contributed by atoms with Gasteiger partial charge in [0, 0.05) is 23.9 Å². The van der Waals surface area contributed by atoms with Crippen LogP contribution in [0.4, 0.5) is 4.79 Å². The maximum Gasteiger partial charge on any atom is 0.317 e. The van der Waals surface area contributed by atoms with Crippen molar-refractivity contribution in [1.82, 2.24) is 10.2 Å². The Morgan fingerprint density at radius 1 is 1.50 bits per heavy atom. The quantitative estimate of drug-likeness (QED) is 0.742. The lowest BCUT2D eigenvalue weighted by Gasteiger charge is -2.28. The van der Waals surface area contributed by atoms with Crippen molar-refractivity contribution >= 4 is 23.8 Å². The number of aliphatic carboxylic acids is 1. The molecule has 6 heteroatoms. The second kappa shape index (κ2) is 6.31. The van der Waals surface area contributed by atoms with E-state index in [0.29, 0.717) is 13.1 Å². The second-order valence-electron chi connectivity index (χ2n) is 4.78. The summed E-state index contributed by atoms with van der Waals surface area (Å²) >= 11 is 1.79. The normalized spacial score (nSPS) is 17.9. The van der Waals surface area contributed by atoms with Crippen molar-refractivity contribution in [3.05, 3.63) is 0 Å². The molecule has 2 amide bonds. The number of carbonyl (C=O) groups is 2. The Morgan fingerprint density at radius 3 is 2.50 bits per heavy atom. The maximum absolute atomic E-state index is 12.0. The van der Waals surface area contributed by atoms with Crippen LogP contribution in [0.5, 0.6) is 0 Å². The first-order chi connectivity index (χ1) is 8.44. The molecular weight excluding hydrogens is 252 g/mol. The first-order valence-corrected chi connectivity index (χ1v) is 7.48. The topological polar surface area (TPSA) is 69.6 Å². The number of thioether (sulfide) groups is 1. The van der Waals surface area contributed by atoms with Crippen LogP contribution in [0.15, 0.2) is 0 Å². The molecule has 104 valence electrons. The number of carboxylic acid groups (broad SMARTS) is 1. The molecule has 0 heterocycles. The van der Waals surface area contributed by atoms with Crippen molar-refractivity contribution in [2.45, 2.75) is 43.9 Å².